The maximum Gasteiger partial charge on any atom is 0.0724 e. The van der Waals surface area contributed by atoms with Gasteiger partial charge in [0.25, 0.3) is 0 Å². The van der Waals surface area contributed by atoms with Gasteiger partial charge in [-0.25, -0.2) is 0 Å². The number of rotatable bonds is 4. The molecule has 0 aromatic carbocycles. The zero-order chi connectivity index (χ0) is 22.1. The van der Waals surface area contributed by atoms with E-state index in [1.54, 1.807) is 0 Å². The third-order valence-corrected chi connectivity index (χ3v) is 10.6. The summed E-state index contributed by atoms with van der Waals surface area (Å²) in [6.45, 7) is 4.55. The third kappa shape index (κ3) is 5.03. The monoisotopic (exact) mass is 434 g/mol. The minimum atomic E-state index is -0.336. The SMILES string of the molecule is CC1C(CC2CC(C3CCCCC3)C(O)C(N)C2C)CC(C2CCCCC2)C(O)C1N. The molecule has 4 fully saturated rings. The van der Waals surface area contributed by atoms with Gasteiger partial charge in [0.2, 0.25) is 0 Å². The van der Waals surface area contributed by atoms with E-state index in [-0.39, 0.29) is 24.3 Å². The van der Waals surface area contributed by atoms with E-state index in [0.29, 0.717) is 47.3 Å². The molecule has 0 aromatic heterocycles. The Labute approximate surface area is 190 Å². The molecule has 4 saturated carbocycles. The lowest BCUT2D eigenvalue weighted by Gasteiger charge is -2.50. The van der Waals surface area contributed by atoms with Crippen molar-refractivity contribution in [1.29, 1.82) is 0 Å². The highest BCUT2D eigenvalue weighted by Gasteiger charge is 2.47. The molecule has 4 rings (SSSR count). The highest BCUT2D eigenvalue weighted by atomic mass is 16.3. The number of hydrogen-bond donors (Lipinski definition) is 4. The van der Waals surface area contributed by atoms with Crippen LogP contribution < -0.4 is 11.5 Å². The van der Waals surface area contributed by atoms with Gasteiger partial charge >= 0.3 is 0 Å². The zero-order valence-electron chi connectivity index (χ0n) is 20.2. The van der Waals surface area contributed by atoms with E-state index < -0.39 is 0 Å². The second-order valence-electron chi connectivity index (χ2n) is 12.2. The molecule has 0 heterocycles. The van der Waals surface area contributed by atoms with E-state index in [4.69, 9.17) is 11.5 Å². The van der Waals surface area contributed by atoms with Crippen molar-refractivity contribution in [3.8, 4) is 0 Å². The summed E-state index contributed by atoms with van der Waals surface area (Å²) in [5.41, 5.74) is 13.3. The number of hydrogen-bond acceptors (Lipinski definition) is 4. The van der Waals surface area contributed by atoms with Gasteiger partial charge in [0.15, 0.2) is 0 Å². The van der Waals surface area contributed by atoms with Crippen molar-refractivity contribution in [1.82, 2.24) is 0 Å². The molecule has 4 aliphatic rings. The Hall–Kier alpha value is -0.160. The molecule has 10 unspecified atom stereocenters. The molecule has 0 spiro atoms. The molecule has 0 aliphatic heterocycles. The maximum absolute atomic E-state index is 11.0. The van der Waals surface area contributed by atoms with Crippen LogP contribution in [0.2, 0.25) is 0 Å². The summed E-state index contributed by atoms with van der Waals surface area (Å²) in [6.07, 6.45) is 15.9. The van der Waals surface area contributed by atoms with Gasteiger partial charge in [0.1, 0.15) is 0 Å². The largest absolute Gasteiger partial charge is 0.391 e. The first-order chi connectivity index (χ1) is 14.9. The first kappa shape index (κ1) is 24.0. The molecule has 180 valence electrons. The number of aliphatic hydroxyl groups is 2. The van der Waals surface area contributed by atoms with Crippen LogP contribution in [-0.2, 0) is 0 Å². The summed E-state index contributed by atoms with van der Waals surface area (Å²) < 4.78 is 0. The average Bonchev–Trinajstić information content (AvgIpc) is 2.80. The Morgan fingerprint density at radius 1 is 0.613 bits per heavy atom. The van der Waals surface area contributed by atoms with Crippen molar-refractivity contribution in [3.05, 3.63) is 0 Å². The Morgan fingerprint density at radius 2 is 0.968 bits per heavy atom. The van der Waals surface area contributed by atoms with Crippen molar-refractivity contribution in [2.75, 3.05) is 0 Å². The first-order valence-corrected chi connectivity index (χ1v) is 13.8. The van der Waals surface area contributed by atoms with Crippen LogP contribution in [0.4, 0.5) is 0 Å². The number of aliphatic hydroxyl groups excluding tert-OH is 2. The summed E-state index contributed by atoms with van der Waals surface area (Å²) in [6, 6.07) is -0.198. The summed E-state index contributed by atoms with van der Waals surface area (Å²) in [5, 5.41) is 22.1. The van der Waals surface area contributed by atoms with Crippen LogP contribution in [0.25, 0.3) is 0 Å². The molecule has 4 aliphatic carbocycles. The topological polar surface area (TPSA) is 92.5 Å². The lowest BCUT2D eigenvalue weighted by molar-refractivity contribution is -0.0604. The van der Waals surface area contributed by atoms with E-state index in [1.807, 2.05) is 0 Å². The van der Waals surface area contributed by atoms with Gasteiger partial charge in [-0.2, -0.15) is 0 Å². The van der Waals surface area contributed by atoms with Gasteiger partial charge in [-0.1, -0.05) is 78.1 Å². The van der Waals surface area contributed by atoms with Crippen molar-refractivity contribution in [2.45, 2.75) is 122 Å². The van der Waals surface area contributed by atoms with Gasteiger partial charge in [-0.3, -0.25) is 0 Å². The van der Waals surface area contributed by atoms with Crippen LogP contribution >= 0.6 is 0 Å². The van der Waals surface area contributed by atoms with Gasteiger partial charge in [-0.15, -0.1) is 0 Å². The zero-order valence-corrected chi connectivity index (χ0v) is 20.2. The molecular formula is C27H50N2O2. The van der Waals surface area contributed by atoms with Gasteiger partial charge < -0.3 is 21.7 Å². The van der Waals surface area contributed by atoms with Crippen LogP contribution in [0, 0.1) is 47.3 Å². The Balaban J connectivity index is 1.46. The standard InChI is InChI=1S/C27H50N2O2/c1-16-20(14-22(26(30)24(16)28)18-9-5-3-6-10-18)13-21-15-23(19-11-7-4-8-12-19)27(31)25(29)17(21)2/h16-27,30-31H,3-15,28-29H2,1-2H3. The first-order valence-electron chi connectivity index (χ1n) is 13.8. The van der Waals surface area contributed by atoms with E-state index >= 15 is 0 Å². The van der Waals surface area contributed by atoms with Gasteiger partial charge in [0, 0.05) is 12.1 Å². The fraction of sp³-hybridized carbons (Fsp3) is 1.00. The normalized spacial score (nSPS) is 48.6. The van der Waals surface area contributed by atoms with Crippen LogP contribution in [0.15, 0.2) is 0 Å². The van der Waals surface area contributed by atoms with Crippen molar-refractivity contribution < 1.29 is 10.2 Å². The predicted octanol–water partition coefficient (Wildman–Crippen LogP) is 4.46. The molecule has 0 aromatic rings. The molecule has 0 amide bonds. The second-order valence-corrected chi connectivity index (χ2v) is 12.2. The minimum Gasteiger partial charge on any atom is -0.391 e. The molecule has 0 radical (unpaired) electrons. The van der Waals surface area contributed by atoms with Crippen LogP contribution in [0.5, 0.6) is 0 Å². The summed E-state index contributed by atoms with van der Waals surface area (Å²) in [4.78, 5) is 0. The highest BCUT2D eigenvalue weighted by molar-refractivity contribution is 5.00. The molecule has 10 atom stereocenters. The molecule has 0 saturated heterocycles. The van der Waals surface area contributed by atoms with E-state index in [2.05, 4.69) is 13.8 Å². The molecule has 31 heavy (non-hydrogen) atoms. The average molecular weight is 435 g/mol. The van der Waals surface area contributed by atoms with E-state index in [9.17, 15) is 10.2 Å². The Morgan fingerprint density at radius 3 is 1.32 bits per heavy atom. The van der Waals surface area contributed by atoms with Gasteiger partial charge in [0.05, 0.1) is 12.2 Å². The second kappa shape index (κ2) is 10.4. The lowest BCUT2D eigenvalue weighted by Crippen LogP contribution is -2.56. The quantitative estimate of drug-likeness (QED) is 0.526. The summed E-state index contributed by atoms with van der Waals surface area (Å²) >= 11 is 0. The maximum atomic E-state index is 11.0. The minimum absolute atomic E-state index is 0.0991. The molecule has 4 nitrogen and oxygen atoms in total. The number of nitrogens with two attached hydrogens (primary N) is 2. The van der Waals surface area contributed by atoms with Gasteiger partial charge in [-0.05, 0) is 66.6 Å². The van der Waals surface area contributed by atoms with Crippen molar-refractivity contribution >= 4 is 0 Å². The van der Waals surface area contributed by atoms with E-state index in [0.717, 1.165) is 12.8 Å². The fourth-order valence-corrected chi connectivity index (χ4v) is 8.31. The predicted molar refractivity (Wildman–Crippen MR) is 127 cm³/mol. The smallest absolute Gasteiger partial charge is 0.0724 e. The molecule has 4 heteroatoms. The molecule has 6 N–H and O–H groups in total. The summed E-state index contributed by atoms with van der Waals surface area (Å²) in [5.74, 6) is 3.95. The van der Waals surface area contributed by atoms with Crippen molar-refractivity contribution in [3.63, 3.8) is 0 Å². The Bertz CT molecular complexity index is 507. The highest BCUT2D eigenvalue weighted by Crippen LogP contribution is 2.48. The lowest BCUT2D eigenvalue weighted by atomic mass is 9.58. The summed E-state index contributed by atoms with van der Waals surface area (Å²) in [7, 11) is 0. The van der Waals surface area contributed by atoms with Crippen LogP contribution in [0.1, 0.15) is 97.3 Å². The third-order valence-electron chi connectivity index (χ3n) is 10.6. The molecular weight excluding hydrogens is 384 g/mol. The van der Waals surface area contributed by atoms with Crippen LogP contribution in [0.3, 0.4) is 0 Å². The van der Waals surface area contributed by atoms with Crippen LogP contribution in [-0.4, -0.2) is 34.5 Å². The van der Waals surface area contributed by atoms with Crippen molar-refractivity contribution in [2.24, 2.45) is 58.8 Å². The Kier molecular flexibility index (Phi) is 8.05. The van der Waals surface area contributed by atoms with E-state index in [1.165, 1.54) is 70.6 Å². The molecule has 0 bridgehead atoms. The fourth-order valence-electron chi connectivity index (χ4n) is 8.31.